The molecule has 0 heterocycles. The van der Waals surface area contributed by atoms with Crippen molar-refractivity contribution in [1.29, 1.82) is 0 Å². The van der Waals surface area contributed by atoms with Crippen molar-refractivity contribution in [3.05, 3.63) is 35.9 Å². The fourth-order valence-corrected chi connectivity index (χ4v) is 1.95. The first kappa shape index (κ1) is 18.0. The minimum absolute atomic E-state index is 0.123. The molecule has 2 amide bonds. The molecule has 1 atom stereocenters. The van der Waals surface area contributed by atoms with Gasteiger partial charge in [-0.3, -0.25) is 4.79 Å². The summed E-state index contributed by atoms with van der Waals surface area (Å²) in [5.74, 6) is -0.123. The van der Waals surface area contributed by atoms with Gasteiger partial charge >= 0.3 is 6.09 Å². The second-order valence-corrected chi connectivity index (χ2v) is 4.73. The Morgan fingerprint density at radius 3 is 2.59 bits per heavy atom. The molecule has 0 spiro atoms. The Balaban J connectivity index is 2.58. The predicted octanol–water partition coefficient (Wildman–Crippen LogP) is 2.02. The summed E-state index contributed by atoms with van der Waals surface area (Å²) < 4.78 is 9.82. The number of methoxy groups -OCH3 is 1. The normalized spacial score (nSPS) is 11.5. The monoisotopic (exact) mass is 308 g/mol. The highest BCUT2D eigenvalue weighted by Crippen LogP contribution is 2.16. The quantitative estimate of drug-likeness (QED) is 0.684. The van der Waals surface area contributed by atoms with E-state index in [-0.39, 0.29) is 18.9 Å². The summed E-state index contributed by atoms with van der Waals surface area (Å²) in [5.41, 5.74) is 0.864. The van der Waals surface area contributed by atoms with Crippen LogP contribution in [0.15, 0.2) is 30.3 Å². The smallest absolute Gasteiger partial charge is 0.407 e. The number of carbonyl (C=O) groups excluding carboxylic acids is 2. The van der Waals surface area contributed by atoms with Gasteiger partial charge in [-0.15, -0.1) is 0 Å². The lowest BCUT2D eigenvalue weighted by molar-refractivity contribution is -0.121. The lowest BCUT2D eigenvalue weighted by Crippen LogP contribution is -2.34. The van der Waals surface area contributed by atoms with Gasteiger partial charge in [0.25, 0.3) is 0 Å². The Morgan fingerprint density at radius 1 is 1.23 bits per heavy atom. The van der Waals surface area contributed by atoms with E-state index in [0.717, 1.165) is 12.0 Å². The molecule has 122 valence electrons. The van der Waals surface area contributed by atoms with Crippen molar-refractivity contribution in [2.75, 3.05) is 26.9 Å². The number of hydrogen-bond donors (Lipinski definition) is 2. The van der Waals surface area contributed by atoms with Crippen molar-refractivity contribution in [1.82, 2.24) is 10.6 Å². The topological polar surface area (TPSA) is 76.7 Å². The van der Waals surface area contributed by atoms with Crippen LogP contribution in [0.25, 0.3) is 0 Å². The molecule has 0 aliphatic rings. The van der Waals surface area contributed by atoms with Crippen LogP contribution >= 0.6 is 0 Å². The van der Waals surface area contributed by atoms with Gasteiger partial charge < -0.3 is 20.1 Å². The van der Waals surface area contributed by atoms with Gasteiger partial charge in [-0.2, -0.15) is 0 Å². The first-order chi connectivity index (χ1) is 10.7. The molecule has 0 saturated heterocycles. The second-order valence-electron chi connectivity index (χ2n) is 4.73. The molecule has 0 fully saturated rings. The minimum atomic E-state index is -0.525. The van der Waals surface area contributed by atoms with Gasteiger partial charge in [0, 0.05) is 20.3 Å². The lowest BCUT2D eigenvalue weighted by Gasteiger charge is -2.18. The maximum Gasteiger partial charge on any atom is 0.407 e. The first-order valence-corrected chi connectivity index (χ1v) is 7.41. The maximum absolute atomic E-state index is 12.0. The van der Waals surface area contributed by atoms with Crippen molar-refractivity contribution in [3.63, 3.8) is 0 Å². The Labute approximate surface area is 131 Å². The number of amides is 2. The van der Waals surface area contributed by atoms with E-state index in [9.17, 15) is 9.59 Å². The standard InChI is InChI=1S/C16H24N2O4/c1-3-22-16(20)18-14(13-8-5-4-6-9-13)12-15(19)17-10-7-11-21-2/h4-6,8-9,14H,3,7,10-12H2,1-2H3,(H,17,19)(H,18,20)/t14-/m0/s1. The molecule has 0 unspecified atom stereocenters. The summed E-state index contributed by atoms with van der Waals surface area (Å²) in [6.45, 7) is 3.17. The summed E-state index contributed by atoms with van der Waals surface area (Å²) in [6.07, 6.45) is 0.392. The van der Waals surface area contributed by atoms with Crippen LogP contribution in [0.4, 0.5) is 4.79 Å². The molecule has 0 radical (unpaired) electrons. The van der Waals surface area contributed by atoms with E-state index in [1.165, 1.54) is 0 Å². The molecule has 6 heteroatoms. The third-order valence-corrected chi connectivity index (χ3v) is 3.01. The molecule has 2 N–H and O–H groups in total. The van der Waals surface area contributed by atoms with Gasteiger partial charge in [0.2, 0.25) is 5.91 Å². The van der Waals surface area contributed by atoms with Crippen molar-refractivity contribution in [2.24, 2.45) is 0 Å². The highest BCUT2D eigenvalue weighted by Gasteiger charge is 2.18. The highest BCUT2D eigenvalue weighted by molar-refractivity contribution is 5.78. The molecule has 0 saturated carbocycles. The number of carbonyl (C=O) groups is 2. The van der Waals surface area contributed by atoms with Gasteiger partial charge in [0.05, 0.1) is 19.1 Å². The van der Waals surface area contributed by atoms with E-state index >= 15 is 0 Å². The van der Waals surface area contributed by atoms with Crippen molar-refractivity contribution in [2.45, 2.75) is 25.8 Å². The van der Waals surface area contributed by atoms with Crippen LogP contribution in [0.1, 0.15) is 31.4 Å². The second kappa shape index (κ2) is 10.6. The van der Waals surface area contributed by atoms with Crippen LogP contribution in [0.3, 0.4) is 0 Å². The summed E-state index contributed by atoms with van der Waals surface area (Å²) in [6, 6.07) is 8.94. The summed E-state index contributed by atoms with van der Waals surface area (Å²) in [7, 11) is 1.62. The maximum atomic E-state index is 12.0. The molecule has 22 heavy (non-hydrogen) atoms. The third-order valence-electron chi connectivity index (χ3n) is 3.01. The highest BCUT2D eigenvalue weighted by atomic mass is 16.5. The van der Waals surface area contributed by atoms with Crippen molar-refractivity contribution in [3.8, 4) is 0 Å². The van der Waals surface area contributed by atoms with E-state index < -0.39 is 12.1 Å². The van der Waals surface area contributed by atoms with Crippen LogP contribution in [0, 0.1) is 0 Å². The molecular formula is C16H24N2O4. The number of alkyl carbamates (subject to hydrolysis) is 1. The molecule has 0 bridgehead atoms. The van der Waals surface area contributed by atoms with Gasteiger partial charge in [0.15, 0.2) is 0 Å². The number of hydrogen-bond acceptors (Lipinski definition) is 4. The lowest BCUT2D eigenvalue weighted by atomic mass is 10.0. The fourth-order valence-electron chi connectivity index (χ4n) is 1.95. The Hall–Kier alpha value is -2.08. The Morgan fingerprint density at radius 2 is 1.95 bits per heavy atom. The van der Waals surface area contributed by atoms with Gasteiger partial charge in [-0.05, 0) is 18.9 Å². The first-order valence-electron chi connectivity index (χ1n) is 7.41. The number of rotatable bonds is 9. The zero-order valence-corrected chi connectivity index (χ0v) is 13.1. The van der Waals surface area contributed by atoms with E-state index in [4.69, 9.17) is 9.47 Å². The molecule has 1 aromatic rings. The average Bonchev–Trinajstić information content (AvgIpc) is 2.52. The zero-order chi connectivity index (χ0) is 16.2. The molecule has 1 aromatic carbocycles. The Kier molecular flexibility index (Phi) is 8.67. The average molecular weight is 308 g/mol. The molecular weight excluding hydrogens is 284 g/mol. The largest absolute Gasteiger partial charge is 0.450 e. The summed E-state index contributed by atoms with van der Waals surface area (Å²) in [5, 5.41) is 5.53. The molecule has 0 aromatic heterocycles. The van der Waals surface area contributed by atoms with Crippen LogP contribution in [0.5, 0.6) is 0 Å². The Bertz CT molecular complexity index is 451. The van der Waals surface area contributed by atoms with Crippen LogP contribution in [0.2, 0.25) is 0 Å². The molecule has 0 aliphatic heterocycles. The summed E-state index contributed by atoms with van der Waals surface area (Å²) >= 11 is 0. The fraction of sp³-hybridized carbons (Fsp3) is 0.500. The molecule has 6 nitrogen and oxygen atoms in total. The van der Waals surface area contributed by atoms with E-state index in [1.807, 2.05) is 30.3 Å². The van der Waals surface area contributed by atoms with Crippen LogP contribution < -0.4 is 10.6 Å². The van der Waals surface area contributed by atoms with Crippen LogP contribution in [-0.4, -0.2) is 38.9 Å². The predicted molar refractivity (Wildman–Crippen MR) is 83.5 cm³/mol. The van der Waals surface area contributed by atoms with Gasteiger partial charge in [-0.25, -0.2) is 4.79 Å². The number of ether oxygens (including phenoxy) is 2. The van der Waals surface area contributed by atoms with Gasteiger partial charge in [0.1, 0.15) is 0 Å². The number of nitrogens with one attached hydrogen (secondary N) is 2. The van der Waals surface area contributed by atoms with E-state index in [0.29, 0.717) is 13.2 Å². The van der Waals surface area contributed by atoms with Crippen molar-refractivity contribution < 1.29 is 19.1 Å². The van der Waals surface area contributed by atoms with Crippen LogP contribution in [-0.2, 0) is 14.3 Å². The zero-order valence-electron chi connectivity index (χ0n) is 13.1. The van der Waals surface area contributed by atoms with E-state index in [1.54, 1.807) is 14.0 Å². The van der Waals surface area contributed by atoms with E-state index in [2.05, 4.69) is 10.6 Å². The molecule has 1 rings (SSSR count). The minimum Gasteiger partial charge on any atom is -0.450 e. The van der Waals surface area contributed by atoms with Gasteiger partial charge in [-0.1, -0.05) is 30.3 Å². The third kappa shape index (κ3) is 7.08. The number of benzene rings is 1. The molecule has 0 aliphatic carbocycles. The summed E-state index contributed by atoms with van der Waals surface area (Å²) in [4.78, 5) is 23.6. The van der Waals surface area contributed by atoms with Crippen molar-refractivity contribution >= 4 is 12.0 Å². The SMILES string of the molecule is CCOC(=O)N[C@@H](CC(=O)NCCCOC)c1ccccc1.